The van der Waals surface area contributed by atoms with Crippen molar-refractivity contribution in [2.45, 2.75) is 129 Å². The average Bonchev–Trinajstić information content (AvgIpc) is 2.88. The second kappa shape index (κ2) is 24.6. The summed E-state index contributed by atoms with van der Waals surface area (Å²) in [5.41, 5.74) is 0. The number of hydrogen-bond acceptors (Lipinski definition) is 5. The fraction of sp³-hybridized carbons (Fsp3) is 0.839. The molecule has 0 heterocycles. The van der Waals surface area contributed by atoms with Crippen molar-refractivity contribution in [2.24, 2.45) is 0 Å². The lowest BCUT2D eigenvalue weighted by Gasteiger charge is -2.25. The zero-order valence-electron chi connectivity index (χ0n) is 26.3. The van der Waals surface area contributed by atoms with Crippen molar-refractivity contribution in [3.8, 4) is 0 Å². The molecule has 8 nitrogen and oxygen atoms in total. The molecule has 3 unspecified atom stereocenters. The topological polar surface area (TPSA) is 105 Å². The van der Waals surface area contributed by atoms with Gasteiger partial charge >= 0.3 is 7.82 Å². The summed E-state index contributed by atoms with van der Waals surface area (Å²) < 4.78 is 23.2. The summed E-state index contributed by atoms with van der Waals surface area (Å²) in [6.45, 7) is 4.66. The molecule has 0 saturated heterocycles. The van der Waals surface area contributed by atoms with E-state index in [-0.39, 0.29) is 19.1 Å². The van der Waals surface area contributed by atoms with Crippen LogP contribution < -0.4 is 5.32 Å². The number of allylic oxidation sites excluding steroid dienone is 3. The molecule has 0 aromatic heterocycles. The first-order valence-corrected chi connectivity index (χ1v) is 17.2. The van der Waals surface area contributed by atoms with E-state index in [0.717, 1.165) is 38.5 Å². The van der Waals surface area contributed by atoms with Crippen LogP contribution in [-0.4, -0.2) is 73.4 Å². The number of nitrogens with one attached hydrogen (secondary N) is 1. The molecule has 0 fully saturated rings. The lowest BCUT2D eigenvalue weighted by Crippen LogP contribution is -2.45. The van der Waals surface area contributed by atoms with Gasteiger partial charge in [0.1, 0.15) is 13.2 Å². The standard InChI is InChI=1S/C31H61N2O6P/c1-6-8-10-12-14-15-16-17-18-19-20-22-24-30(34)29(32-31(35)25-23-21-13-11-9-7-2)28-39-40(36,37)38-27-26-33(3,4)5/h17-18,22,24,29-30,34H,6-16,19-21,23,25-28H2,1-5H3,(H-,32,35,36,37)/p+1/b18-17+,24-22+. The van der Waals surface area contributed by atoms with E-state index >= 15 is 0 Å². The van der Waals surface area contributed by atoms with Gasteiger partial charge in [-0.3, -0.25) is 13.8 Å². The van der Waals surface area contributed by atoms with Crippen LogP contribution in [0.2, 0.25) is 0 Å². The predicted molar refractivity (Wildman–Crippen MR) is 166 cm³/mol. The third kappa shape index (κ3) is 25.9. The molecule has 3 N–H and O–H groups in total. The van der Waals surface area contributed by atoms with Crippen LogP contribution in [0.15, 0.2) is 24.3 Å². The maximum atomic E-state index is 12.6. The smallest absolute Gasteiger partial charge is 0.387 e. The number of quaternary nitrogens is 1. The van der Waals surface area contributed by atoms with Crippen molar-refractivity contribution >= 4 is 13.7 Å². The molecule has 0 aliphatic heterocycles. The van der Waals surface area contributed by atoms with Crippen LogP contribution in [0.25, 0.3) is 0 Å². The highest BCUT2D eigenvalue weighted by Gasteiger charge is 2.27. The number of rotatable bonds is 27. The summed E-state index contributed by atoms with van der Waals surface area (Å²) in [4.78, 5) is 22.6. The highest BCUT2D eigenvalue weighted by molar-refractivity contribution is 7.47. The molecule has 0 spiro atoms. The van der Waals surface area contributed by atoms with Gasteiger partial charge in [-0.05, 0) is 32.1 Å². The molecule has 0 radical (unpaired) electrons. The summed E-state index contributed by atoms with van der Waals surface area (Å²) in [5, 5.41) is 13.5. The fourth-order valence-electron chi connectivity index (χ4n) is 4.05. The minimum Gasteiger partial charge on any atom is -0.387 e. The molecule has 9 heteroatoms. The molecule has 0 aromatic carbocycles. The van der Waals surface area contributed by atoms with E-state index in [1.807, 2.05) is 27.2 Å². The van der Waals surface area contributed by atoms with Gasteiger partial charge in [-0.25, -0.2) is 4.57 Å². The van der Waals surface area contributed by atoms with Crippen LogP contribution in [0.3, 0.4) is 0 Å². The Morgan fingerprint density at radius 3 is 2.00 bits per heavy atom. The first-order valence-electron chi connectivity index (χ1n) is 15.7. The van der Waals surface area contributed by atoms with Crippen LogP contribution in [0, 0.1) is 0 Å². The number of aliphatic hydroxyl groups excluding tert-OH is 1. The zero-order valence-corrected chi connectivity index (χ0v) is 27.2. The van der Waals surface area contributed by atoms with E-state index in [0.29, 0.717) is 17.4 Å². The summed E-state index contributed by atoms with van der Waals surface area (Å²) >= 11 is 0. The zero-order chi connectivity index (χ0) is 30.1. The van der Waals surface area contributed by atoms with Crippen molar-refractivity contribution in [3.05, 3.63) is 24.3 Å². The van der Waals surface area contributed by atoms with E-state index < -0.39 is 20.0 Å². The largest absolute Gasteiger partial charge is 0.472 e. The number of hydrogen-bond donors (Lipinski definition) is 3. The number of phosphoric ester groups is 1. The van der Waals surface area contributed by atoms with E-state index in [2.05, 4.69) is 31.3 Å². The molecule has 0 aliphatic rings. The maximum absolute atomic E-state index is 12.6. The third-order valence-corrected chi connectivity index (χ3v) is 7.66. The highest BCUT2D eigenvalue weighted by Crippen LogP contribution is 2.43. The summed E-state index contributed by atoms with van der Waals surface area (Å²) in [7, 11) is 1.55. The molecular formula is C31H62N2O6P+. The number of phosphoric acid groups is 1. The van der Waals surface area contributed by atoms with Gasteiger partial charge in [0.25, 0.3) is 0 Å². The van der Waals surface area contributed by atoms with Crippen LogP contribution >= 0.6 is 7.82 Å². The fourth-order valence-corrected chi connectivity index (χ4v) is 4.79. The molecule has 40 heavy (non-hydrogen) atoms. The monoisotopic (exact) mass is 589 g/mol. The number of carbonyl (C=O) groups excluding carboxylic acids is 1. The second-order valence-electron chi connectivity index (χ2n) is 11.8. The molecule has 0 aliphatic carbocycles. The average molecular weight is 590 g/mol. The van der Waals surface area contributed by atoms with Gasteiger partial charge in [-0.2, -0.15) is 0 Å². The van der Waals surface area contributed by atoms with Gasteiger partial charge in [0.05, 0.1) is 39.9 Å². The molecule has 0 rings (SSSR count). The second-order valence-corrected chi connectivity index (χ2v) is 13.3. The Labute approximate surface area is 245 Å². The molecule has 0 bridgehead atoms. The molecule has 0 aromatic rings. The number of aliphatic hydroxyl groups is 1. The Kier molecular flexibility index (Phi) is 23.9. The Morgan fingerprint density at radius 1 is 0.825 bits per heavy atom. The van der Waals surface area contributed by atoms with Crippen LogP contribution in [0.1, 0.15) is 117 Å². The Morgan fingerprint density at radius 2 is 1.38 bits per heavy atom. The van der Waals surface area contributed by atoms with Gasteiger partial charge in [-0.1, -0.05) is 102 Å². The van der Waals surface area contributed by atoms with Crippen molar-refractivity contribution in [3.63, 3.8) is 0 Å². The van der Waals surface area contributed by atoms with Gasteiger partial charge < -0.3 is 19.8 Å². The van der Waals surface area contributed by atoms with Crippen molar-refractivity contribution in [2.75, 3.05) is 40.9 Å². The molecule has 3 atom stereocenters. The molecule has 0 saturated carbocycles. The van der Waals surface area contributed by atoms with Crippen molar-refractivity contribution < 1.29 is 32.9 Å². The Hall–Kier alpha value is -1.02. The molecule has 1 amide bonds. The summed E-state index contributed by atoms with van der Waals surface area (Å²) in [6.07, 6.45) is 24.1. The van der Waals surface area contributed by atoms with Crippen LogP contribution in [0.4, 0.5) is 0 Å². The van der Waals surface area contributed by atoms with E-state index in [1.165, 1.54) is 57.8 Å². The predicted octanol–water partition coefficient (Wildman–Crippen LogP) is 7.07. The Balaban J connectivity index is 4.71. The Bertz CT molecular complexity index is 723. The first-order chi connectivity index (χ1) is 19.0. The number of carbonyl (C=O) groups is 1. The maximum Gasteiger partial charge on any atom is 0.472 e. The molecular weight excluding hydrogens is 527 g/mol. The van der Waals surface area contributed by atoms with Crippen molar-refractivity contribution in [1.82, 2.24) is 5.32 Å². The van der Waals surface area contributed by atoms with Gasteiger partial charge in [-0.15, -0.1) is 0 Å². The summed E-state index contributed by atoms with van der Waals surface area (Å²) in [6, 6.07) is -0.852. The van der Waals surface area contributed by atoms with E-state index in [1.54, 1.807) is 6.08 Å². The van der Waals surface area contributed by atoms with Gasteiger partial charge in [0, 0.05) is 6.42 Å². The quantitative estimate of drug-likeness (QED) is 0.0410. The number of amides is 1. The lowest BCUT2D eigenvalue weighted by molar-refractivity contribution is -0.870. The number of likely N-dealkylation sites (N-methyl/N-ethyl adjacent to an activating group) is 1. The first kappa shape index (κ1) is 39.0. The minimum atomic E-state index is -4.32. The van der Waals surface area contributed by atoms with Gasteiger partial charge in [0.15, 0.2) is 0 Å². The number of nitrogens with zero attached hydrogens (tertiary/aromatic N) is 1. The van der Waals surface area contributed by atoms with Crippen LogP contribution in [0.5, 0.6) is 0 Å². The normalized spacial score (nSPS) is 15.5. The van der Waals surface area contributed by atoms with E-state index in [4.69, 9.17) is 9.05 Å². The molecule has 236 valence electrons. The minimum absolute atomic E-state index is 0.0567. The summed E-state index contributed by atoms with van der Waals surface area (Å²) in [5.74, 6) is -0.201. The van der Waals surface area contributed by atoms with Gasteiger partial charge in [0.2, 0.25) is 5.91 Å². The van der Waals surface area contributed by atoms with Crippen LogP contribution in [-0.2, 0) is 18.4 Å². The highest BCUT2D eigenvalue weighted by atomic mass is 31.2. The lowest BCUT2D eigenvalue weighted by atomic mass is 10.1. The SMILES string of the molecule is CCCCCCCC/C=C/CC/C=C/C(O)C(COP(=O)(O)OCC[N+](C)(C)C)NC(=O)CCCCCCCC. The van der Waals surface area contributed by atoms with Crippen molar-refractivity contribution in [1.29, 1.82) is 0 Å². The number of unbranched alkanes of at least 4 members (excludes halogenated alkanes) is 12. The van der Waals surface area contributed by atoms with E-state index in [9.17, 15) is 19.4 Å². The third-order valence-electron chi connectivity index (χ3n) is 6.67.